The fourth-order valence-electron chi connectivity index (χ4n) is 7.13. The van der Waals surface area contributed by atoms with Crippen molar-refractivity contribution in [1.29, 1.82) is 0 Å². The van der Waals surface area contributed by atoms with Gasteiger partial charge in [0.1, 0.15) is 16.9 Å². The van der Waals surface area contributed by atoms with Crippen molar-refractivity contribution >= 4 is 33.9 Å². The summed E-state index contributed by atoms with van der Waals surface area (Å²) in [5.41, 5.74) is 10.6. The van der Waals surface area contributed by atoms with Gasteiger partial charge in [-0.25, -0.2) is 9.97 Å². The number of aryl methyl sites for hydroxylation is 2. The van der Waals surface area contributed by atoms with Gasteiger partial charge in [0, 0.05) is 55.7 Å². The van der Waals surface area contributed by atoms with Gasteiger partial charge in [-0.05, 0) is 63.4 Å². The van der Waals surface area contributed by atoms with Crippen molar-refractivity contribution < 1.29 is 19.1 Å². The van der Waals surface area contributed by atoms with Crippen molar-refractivity contribution in [3.8, 4) is 17.3 Å². The number of rotatable bonds is 5. The second-order valence-corrected chi connectivity index (χ2v) is 13.8. The molecule has 252 valence electrons. The molecule has 1 saturated heterocycles. The SMILES string of the molecule is CCO[C@@H]1CCN(C(=O)c2cc(OC)c3c(c2)nc(-c2cc4ccc5nc4n2CCCCCCC(C)(C)C(=O)N[C@@H]5C)n3C)C[C@@H]1N. The molecule has 3 N–H and O–H groups in total. The van der Waals surface area contributed by atoms with Gasteiger partial charge in [-0.1, -0.05) is 33.1 Å². The van der Waals surface area contributed by atoms with Gasteiger partial charge in [0.05, 0.1) is 36.2 Å². The highest BCUT2D eigenvalue weighted by molar-refractivity contribution is 6.00. The first kappa shape index (κ1) is 33.0. The third-order valence-corrected chi connectivity index (χ3v) is 10.00. The number of imidazole rings is 1. The van der Waals surface area contributed by atoms with Crippen LogP contribution in [-0.4, -0.2) is 74.8 Å². The van der Waals surface area contributed by atoms with Crippen LogP contribution in [0.3, 0.4) is 0 Å². The second kappa shape index (κ2) is 13.3. The fourth-order valence-corrected chi connectivity index (χ4v) is 7.13. The molecule has 2 amide bonds. The van der Waals surface area contributed by atoms with E-state index in [2.05, 4.69) is 22.0 Å². The molecule has 0 unspecified atom stereocenters. The fraction of sp³-hybridized carbons (Fsp3) is 0.556. The Morgan fingerprint density at radius 2 is 1.89 bits per heavy atom. The maximum absolute atomic E-state index is 13.7. The van der Waals surface area contributed by atoms with E-state index < -0.39 is 5.41 Å². The molecule has 3 aromatic heterocycles. The molecule has 3 atom stereocenters. The Morgan fingerprint density at radius 3 is 2.64 bits per heavy atom. The quantitative estimate of drug-likeness (QED) is 0.300. The number of pyridine rings is 1. The monoisotopic (exact) mass is 643 g/mol. The van der Waals surface area contributed by atoms with E-state index in [-0.39, 0.29) is 30.0 Å². The summed E-state index contributed by atoms with van der Waals surface area (Å²) < 4.78 is 15.9. The zero-order valence-corrected chi connectivity index (χ0v) is 28.6. The first-order chi connectivity index (χ1) is 22.5. The number of carbonyl (C=O) groups excluding carboxylic acids is 2. The van der Waals surface area contributed by atoms with Gasteiger partial charge in [-0.15, -0.1) is 0 Å². The number of piperidine rings is 1. The number of nitrogens with zero attached hydrogens (tertiary/aromatic N) is 5. The minimum Gasteiger partial charge on any atom is -0.494 e. The van der Waals surface area contributed by atoms with Gasteiger partial charge < -0.3 is 34.6 Å². The molecule has 2 aliphatic heterocycles. The van der Waals surface area contributed by atoms with E-state index in [4.69, 9.17) is 25.2 Å². The summed E-state index contributed by atoms with van der Waals surface area (Å²) in [6.45, 7) is 10.4. The van der Waals surface area contributed by atoms with Crippen LogP contribution in [-0.2, 0) is 23.1 Å². The first-order valence-corrected chi connectivity index (χ1v) is 17.0. The highest BCUT2D eigenvalue weighted by atomic mass is 16.5. The van der Waals surface area contributed by atoms with Gasteiger partial charge in [0.15, 0.2) is 5.82 Å². The first-order valence-electron chi connectivity index (χ1n) is 17.0. The zero-order chi connectivity index (χ0) is 33.5. The number of nitrogens with one attached hydrogen (secondary N) is 1. The molecule has 11 heteroatoms. The predicted molar refractivity (Wildman–Crippen MR) is 183 cm³/mol. The molecule has 0 radical (unpaired) electrons. The van der Waals surface area contributed by atoms with E-state index in [0.717, 1.165) is 72.4 Å². The average molecular weight is 644 g/mol. The number of carbonyl (C=O) groups is 2. The van der Waals surface area contributed by atoms with Crippen LogP contribution in [0.5, 0.6) is 5.75 Å². The Morgan fingerprint density at radius 1 is 1.11 bits per heavy atom. The van der Waals surface area contributed by atoms with Crippen LogP contribution in [0, 0.1) is 5.41 Å². The number of methoxy groups -OCH3 is 1. The summed E-state index contributed by atoms with van der Waals surface area (Å²) in [5.74, 6) is 1.33. The molecule has 0 aliphatic carbocycles. The van der Waals surface area contributed by atoms with Gasteiger partial charge in [-0.3, -0.25) is 9.59 Å². The molecule has 2 bridgehead atoms. The lowest BCUT2D eigenvalue weighted by Crippen LogP contribution is -2.53. The number of hydrogen-bond acceptors (Lipinski definition) is 7. The van der Waals surface area contributed by atoms with E-state index >= 15 is 0 Å². The number of benzene rings is 1. The van der Waals surface area contributed by atoms with Crippen molar-refractivity contribution in [2.24, 2.45) is 18.2 Å². The number of fused-ring (bicyclic) bond motifs is 2. The lowest BCUT2D eigenvalue weighted by molar-refractivity contribution is -0.130. The largest absolute Gasteiger partial charge is 0.494 e. The van der Waals surface area contributed by atoms with Gasteiger partial charge in [-0.2, -0.15) is 0 Å². The molecule has 11 nitrogen and oxygen atoms in total. The molecular formula is C36H49N7O4. The standard InChI is InChI=1S/C36H49N7O4/c1-7-47-29-14-17-42(21-25(29)37)34(44)24-18-27-31(30(20-24)46-6)41(5)33(40-27)28-19-23-12-13-26-22(2)38-35(45)36(3,4)15-10-8-9-11-16-43(28)32(23)39-26/h12-13,18-20,22,25,29H,7-11,14-17,21,37H2,1-6H3,(H,38,45)/t22-,25+,29-/m1/s1. The third kappa shape index (κ3) is 6.35. The smallest absolute Gasteiger partial charge is 0.254 e. The number of aromatic nitrogens is 4. The molecular weight excluding hydrogens is 594 g/mol. The van der Waals surface area contributed by atoms with Gasteiger partial charge >= 0.3 is 0 Å². The third-order valence-electron chi connectivity index (χ3n) is 10.00. The summed E-state index contributed by atoms with van der Waals surface area (Å²) in [4.78, 5) is 38.9. The van der Waals surface area contributed by atoms with Crippen LogP contribution in [0.25, 0.3) is 33.6 Å². The summed E-state index contributed by atoms with van der Waals surface area (Å²) in [6, 6.07) is 9.43. The topological polar surface area (TPSA) is 130 Å². The highest BCUT2D eigenvalue weighted by Gasteiger charge is 2.32. The van der Waals surface area contributed by atoms with Gasteiger partial charge in [0.2, 0.25) is 5.91 Å². The van der Waals surface area contributed by atoms with Crippen molar-refractivity contribution in [2.75, 3.05) is 26.8 Å². The highest BCUT2D eigenvalue weighted by Crippen LogP contribution is 2.35. The second-order valence-electron chi connectivity index (χ2n) is 13.8. The van der Waals surface area contributed by atoms with Crippen molar-refractivity contribution in [3.05, 3.63) is 41.6 Å². The maximum atomic E-state index is 13.7. The Labute approximate surface area is 276 Å². The summed E-state index contributed by atoms with van der Waals surface area (Å²) in [7, 11) is 3.61. The van der Waals surface area contributed by atoms with Crippen molar-refractivity contribution in [1.82, 2.24) is 29.3 Å². The van der Waals surface area contributed by atoms with Crippen molar-refractivity contribution in [3.63, 3.8) is 0 Å². The normalized spacial score (nSPS) is 22.4. The number of hydrogen-bond donors (Lipinski definition) is 2. The van der Waals surface area contributed by atoms with Gasteiger partial charge in [0.25, 0.3) is 5.91 Å². The van der Waals surface area contributed by atoms with E-state index in [0.29, 0.717) is 42.9 Å². The van der Waals surface area contributed by atoms with Crippen LogP contribution in [0.4, 0.5) is 0 Å². The van der Waals surface area contributed by atoms with Crippen molar-refractivity contribution in [2.45, 2.75) is 91.0 Å². The van der Waals surface area contributed by atoms with Crippen LogP contribution in [0.15, 0.2) is 30.3 Å². The molecule has 6 rings (SSSR count). The van der Waals surface area contributed by atoms with E-state index in [1.54, 1.807) is 18.1 Å². The Hall–Kier alpha value is -3.96. The number of likely N-dealkylation sites (tertiary alicyclic amines) is 1. The number of ether oxygens (including phenoxy) is 2. The molecule has 0 spiro atoms. The molecule has 0 saturated carbocycles. The lowest BCUT2D eigenvalue weighted by Gasteiger charge is -2.36. The Balaban J connectivity index is 1.39. The van der Waals surface area contributed by atoms with E-state index in [1.165, 1.54) is 0 Å². The van der Waals surface area contributed by atoms with Crippen LogP contribution < -0.4 is 15.8 Å². The van der Waals surface area contributed by atoms with E-state index in [1.807, 2.05) is 51.4 Å². The summed E-state index contributed by atoms with van der Waals surface area (Å²) >= 11 is 0. The minimum absolute atomic E-state index is 0.0392. The molecule has 4 aromatic rings. The van der Waals surface area contributed by atoms with Crippen LogP contribution in [0.2, 0.25) is 0 Å². The minimum atomic E-state index is -0.422. The lowest BCUT2D eigenvalue weighted by atomic mass is 9.85. The molecule has 1 aromatic carbocycles. The molecule has 5 heterocycles. The summed E-state index contributed by atoms with van der Waals surface area (Å²) in [6.07, 6.45) is 5.63. The van der Waals surface area contributed by atoms with Crippen LogP contribution >= 0.6 is 0 Å². The maximum Gasteiger partial charge on any atom is 0.254 e. The zero-order valence-electron chi connectivity index (χ0n) is 28.6. The van der Waals surface area contributed by atoms with Crippen LogP contribution in [0.1, 0.15) is 88.3 Å². The molecule has 47 heavy (non-hydrogen) atoms. The van der Waals surface area contributed by atoms with E-state index in [9.17, 15) is 9.59 Å². The molecule has 2 aliphatic rings. The Bertz CT molecular complexity index is 1790. The number of amides is 2. The average Bonchev–Trinajstić information content (AvgIpc) is 3.58. The summed E-state index contributed by atoms with van der Waals surface area (Å²) in [5, 5.41) is 4.22. The number of nitrogens with two attached hydrogens (primary N) is 1. The predicted octanol–water partition coefficient (Wildman–Crippen LogP) is 5.34. The Kier molecular flexibility index (Phi) is 9.31. The molecule has 1 fully saturated rings.